The zero-order valence-corrected chi connectivity index (χ0v) is 11.2. The molecule has 2 N–H and O–H groups in total. The molecule has 1 aromatic carbocycles. The third-order valence-electron chi connectivity index (χ3n) is 3.39. The van der Waals surface area contributed by atoms with Crippen molar-refractivity contribution >= 4 is 27.5 Å². The van der Waals surface area contributed by atoms with Gasteiger partial charge in [-0.15, -0.1) is 0 Å². The van der Waals surface area contributed by atoms with Crippen LogP contribution in [0, 0.1) is 0 Å². The Kier molecular flexibility index (Phi) is 2.90. The summed E-state index contributed by atoms with van der Waals surface area (Å²) in [5.41, 5.74) is -0.316. The van der Waals surface area contributed by atoms with E-state index in [9.17, 15) is 9.90 Å². The Morgan fingerprint density at radius 3 is 2.83 bits per heavy atom. The molecule has 1 aromatic rings. The van der Waals surface area contributed by atoms with Crippen molar-refractivity contribution in [2.24, 2.45) is 0 Å². The molecule has 2 aliphatic rings. The number of carbonyl (C=O) groups excluding carboxylic acids is 1. The highest BCUT2D eigenvalue weighted by Crippen LogP contribution is 2.40. The van der Waals surface area contributed by atoms with Gasteiger partial charge in [-0.1, -0.05) is 15.9 Å². The van der Waals surface area contributed by atoms with Crippen LogP contribution in [0.5, 0.6) is 0 Å². The molecule has 96 valence electrons. The number of fused-ring (bicyclic) bond motifs is 1. The highest BCUT2D eigenvalue weighted by Gasteiger charge is 2.50. The molecule has 6 heteroatoms. The number of hydrogen-bond donors (Lipinski definition) is 2. The van der Waals surface area contributed by atoms with Gasteiger partial charge in [0, 0.05) is 28.8 Å². The van der Waals surface area contributed by atoms with Crippen molar-refractivity contribution in [1.29, 1.82) is 0 Å². The van der Waals surface area contributed by atoms with Crippen LogP contribution in [0.3, 0.4) is 0 Å². The Bertz CT molecular complexity index is 502. The molecule has 1 saturated heterocycles. The molecule has 5 nitrogen and oxygen atoms in total. The third kappa shape index (κ3) is 1.68. The molecular weight excluding hydrogens is 300 g/mol. The number of anilines is 1. The molecule has 0 saturated carbocycles. The van der Waals surface area contributed by atoms with Crippen LogP contribution in [-0.4, -0.2) is 42.2 Å². The predicted octanol–water partition coefficient (Wildman–Crippen LogP) is 0.879. The first kappa shape index (κ1) is 12.1. The standard InChI is InChI=1S/C12H13BrN2O3/c13-8-1-2-10-9(7-8)12(17,11(16)14-10)15-3-5-18-6-4-15/h1-2,7,17H,3-6H2,(H,14,16)/t12-/m1/s1. The maximum Gasteiger partial charge on any atom is 0.276 e. The molecule has 1 atom stereocenters. The lowest BCUT2D eigenvalue weighted by Gasteiger charge is -2.37. The minimum absolute atomic E-state index is 0.391. The van der Waals surface area contributed by atoms with Gasteiger partial charge in [0.25, 0.3) is 5.91 Å². The number of carbonyl (C=O) groups is 1. The second-order valence-electron chi connectivity index (χ2n) is 4.42. The summed E-state index contributed by atoms with van der Waals surface area (Å²) < 4.78 is 6.09. The van der Waals surface area contributed by atoms with Crippen LogP contribution < -0.4 is 5.32 Å². The molecular formula is C12H13BrN2O3. The summed E-state index contributed by atoms with van der Waals surface area (Å²) in [6.07, 6.45) is 0. The van der Waals surface area contributed by atoms with E-state index < -0.39 is 11.6 Å². The minimum atomic E-state index is -1.58. The highest BCUT2D eigenvalue weighted by atomic mass is 79.9. The summed E-state index contributed by atoms with van der Waals surface area (Å²) in [6.45, 7) is 2.13. The molecule has 2 aliphatic heterocycles. The Balaban J connectivity index is 2.05. The van der Waals surface area contributed by atoms with Gasteiger partial charge in [-0.05, 0) is 18.2 Å². The van der Waals surface area contributed by atoms with Gasteiger partial charge in [0.1, 0.15) is 0 Å². The molecule has 1 fully saturated rings. The van der Waals surface area contributed by atoms with Crippen LogP contribution >= 0.6 is 15.9 Å². The largest absolute Gasteiger partial charge is 0.379 e. The van der Waals surface area contributed by atoms with E-state index in [1.807, 2.05) is 6.07 Å². The molecule has 0 bridgehead atoms. The molecule has 18 heavy (non-hydrogen) atoms. The van der Waals surface area contributed by atoms with Gasteiger partial charge in [0.05, 0.1) is 13.2 Å². The Morgan fingerprint density at radius 1 is 1.39 bits per heavy atom. The average Bonchev–Trinajstić information content (AvgIpc) is 2.64. The lowest BCUT2D eigenvalue weighted by Crippen LogP contribution is -2.55. The Hall–Kier alpha value is -0.950. The fourth-order valence-electron chi connectivity index (χ4n) is 2.45. The number of ether oxygens (including phenoxy) is 1. The van der Waals surface area contributed by atoms with E-state index in [1.54, 1.807) is 17.0 Å². The van der Waals surface area contributed by atoms with E-state index in [0.717, 1.165) is 4.47 Å². The van der Waals surface area contributed by atoms with Crippen LogP contribution in [-0.2, 0) is 15.3 Å². The van der Waals surface area contributed by atoms with Crippen LogP contribution in [0.1, 0.15) is 5.56 Å². The molecule has 0 aromatic heterocycles. The summed E-state index contributed by atoms with van der Waals surface area (Å²) in [5.74, 6) is -0.391. The van der Waals surface area contributed by atoms with Gasteiger partial charge >= 0.3 is 0 Å². The van der Waals surface area contributed by atoms with Crippen molar-refractivity contribution in [3.8, 4) is 0 Å². The van der Waals surface area contributed by atoms with Crippen LogP contribution in [0.2, 0.25) is 0 Å². The molecule has 0 spiro atoms. The SMILES string of the molecule is O=C1Nc2ccc(Br)cc2[C@]1(O)N1CCOCC1. The smallest absolute Gasteiger partial charge is 0.276 e. The summed E-state index contributed by atoms with van der Waals surface area (Å²) in [4.78, 5) is 13.9. The summed E-state index contributed by atoms with van der Waals surface area (Å²) >= 11 is 3.37. The zero-order valence-electron chi connectivity index (χ0n) is 9.65. The van der Waals surface area contributed by atoms with Gasteiger partial charge in [-0.2, -0.15) is 0 Å². The van der Waals surface area contributed by atoms with Crippen molar-refractivity contribution in [3.05, 3.63) is 28.2 Å². The minimum Gasteiger partial charge on any atom is -0.379 e. The van der Waals surface area contributed by atoms with Gasteiger partial charge in [-0.25, -0.2) is 0 Å². The number of hydrogen-bond acceptors (Lipinski definition) is 4. The number of halogens is 1. The summed E-state index contributed by atoms with van der Waals surface area (Å²) in [7, 11) is 0. The first-order valence-corrected chi connectivity index (χ1v) is 6.58. The molecule has 0 unspecified atom stereocenters. The number of nitrogens with one attached hydrogen (secondary N) is 1. The van der Waals surface area contributed by atoms with Crippen LogP contribution in [0.25, 0.3) is 0 Å². The fraction of sp³-hybridized carbons (Fsp3) is 0.417. The number of nitrogens with zero attached hydrogens (tertiary/aromatic N) is 1. The highest BCUT2D eigenvalue weighted by molar-refractivity contribution is 9.10. The number of aliphatic hydroxyl groups is 1. The maximum atomic E-state index is 12.1. The van der Waals surface area contributed by atoms with Crippen molar-refractivity contribution in [2.75, 3.05) is 31.6 Å². The lowest BCUT2D eigenvalue weighted by atomic mass is 10.0. The van der Waals surface area contributed by atoms with Gasteiger partial charge in [0.2, 0.25) is 5.72 Å². The second kappa shape index (κ2) is 4.31. The normalized spacial score (nSPS) is 28.0. The van der Waals surface area contributed by atoms with E-state index >= 15 is 0 Å². The van der Waals surface area contributed by atoms with Gasteiger partial charge in [0.15, 0.2) is 0 Å². The Labute approximate surface area is 113 Å². The lowest BCUT2D eigenvalue weighted by molar-refractivity contribution is -0.168. The van der Waals surface area contributed by atoms with Gasteiger partial charge < -0.3 is 15.2 Å². The number of rotatable bonds is 1. The fourth-order valence-corrected chi connectivity index (χ4v) is 2.81. The van der Waals surface area contributed by atoms with E-state index in [4.69, 9.17) is 4.74 Å². The van der Waals surface area contributed by atoms with E-state index in [-0.39, 0.29) is 0 Å². The van der Waals surface area contributed by atoms with Crippen molar-refractivity contribution in [3.63, 3.8) is 0 Å². The van der Waals surface area contributed by atoms with Crippen LogP contribution in [0.4, 0.5) is 5.69 Å². The number of morpholine rings is 1. The van der Waals surface area contributed by atoms with E-state index in [2.05, 4.69) is 21.2 Å². The molecule has 2 heterocycles. The molecule has 3 rings (SSSR count). The number of amides is 1. The second-order valence-corrected chi connectivity index (χ2v) is 5.33. The summed E-state index contributed by atoms with van der Waals surface area (Å²) in [6, 6.07) is 5.41. The van der Waals surface area contributed by atoms with Crippen LogP contribution in [0.15, 0.2) is 22.7 Å². The topological polar surface area (TPSA) is 61.8 Å². The Morgan fingerprint density at radius 2 is 2.11 bits per heavy atom. The average molecular weight is 313 g/mol. The maximum absolute atomic E-state index is 12.1. The quantitative estimate of drug-likeness (QED) is 0.808. The van der Waals surface area contributed by atoms with Crippen molar-refractivity contribution in [2.45, 2.75) is 5.72 Å². The summed E-state index contributed by atoms with van der Waals surface area (Å²) in [5, 5.41) is 13.5. The van der Waals surface area contributed by atoms with E-state index in [1.165, 1.54) is 0 Å². The van der Waals surface area contributed by atoms with Gasteiger partial charge in [-0.3, -0.25) is 9.69 Å². The first-order chi connectivity index (χ1) is 8.62. The predicted molar refractivity (Wildman–Crippen MR) is 69.1 cm³/mol. The van der Waals surface area contributed by atoms with E-state index in [0.29, 0.717) is 37.6 Å². The molecule has 0 radical (unpaired) electrons. The third-order valence-corrected chi connectivity index (χ3v) is 3.88. The zero-order chi connectivity index (χ0) is 12.8. The van der Waals surface area contributed by atoms with Crippen molar-refractivity contribution < 1.29 is 14.6 Å². The van der Waals surface area contributed by atoms with Crippen molar-refractivity contribution in [1.82, 2.24) is 4.90 Å². The molecule has 0 aliphatic carbocycles. The molecule has 1 amide bonds. The number of benzene rings is 1. The first-order valence-electron chi connectivity index (χ1n) is 5.79. The monoisotopic (exact) mass is 312 g/mol.